The summed E-state index contributed by atoms with van der Waals surface area (Å²) in [4.78, 5) is 27.3. The third kappa shape index (κ3) is 5.05. The number of nitrogens with one attached hydrogen (secondary N) is 1. The van der Waals surface area contributed by atoms with Crippen LogP contribution < -0.4 is 19.5 Å². The minimum Gasteiger partial charge on any atom is -0.497 e. The van der Waals surface area contributed by atoms with Gasteiger partial charge in [0.25, 0.3) is 0 Å². The van der Waals surface area contributed by atoms with Crippen molar-refractivity contribution in [3.8, 4) is 17.2 Å². The summed E-state index contributed by atoms with van der Waals surface area (Å²) in [6, 6.07) is 9.80. The van der Waals surface area contributed by atoms with Gasteiger partial charge in [-0.1, -0.05) is 6.07 Å². The predicted molar refractivity (Wildman–Crippen MR) is 124 cm³/mol. The quantitative estimate of drug-likeness (QED) is 0.609. The molecule has 1 atom stereocenters. The molecular formula is C25H30N2O6. The van der Waals surface area contributed by atoms with Crippen molar-refractivity contribution < 1.29 is 28.5 Å². The minimum absolute atomic E-state index is 0.00946. The van der Waals surface area contributed by atoms with Crippen molar-refractivity contribution in [2.24, 2.45) is 0 Å². The maximum absolute atomic E-state index is 13.1. The number of carbonyl (C=O) groups is 2. The average Bonchev–Trinajstić information content (AvgIpc) is 2.81. The summed E-state index contributed by atoms with van der Waals surface area (Å²) in [5, 5.41) is 2.88. The first kappa shape index (κ1) is 24.0. The van der Waals surface area contributed by atoms with Crippen molar-refractivity contribution in [2.45, 2.75) is 26.8 Å². The number of nitrogens with zero attached hydrogens (tertiary/aromatic N) is 1. The molecule has 0 saturated heterocycles. The topological polar surface area (TPSA) is 86.3 Å². The largest absolute Gasteiger partial charge is 0.497 e. The van der Waals surface area contributed by atoms with E-state index in [1.807, 2.05) is 32.0 Å². The lowest BCUT2D eigenvalue weighted by atomic mass is 9.94. The fourth-order valence-electron chi connectivity index (χ4n) is 3.63. The van der Waals surface area contributed by atoms with Gasteiger partial charge in [-0.05, 0) is 56.2 Å². The van der Waals surface area contributed by atoms with Gasteiger partial charge in [0.05, 0.1) is 38.1 Å². The Kier molecular flexibility index (Phi) is 7.48. The molecule has 1 aliphatic rings. The second-order valence-electron chi connectivity index (χ2n) is 7.66. The third-order valence-electron chi connectivity index (χ3n) is 5.68. The van der Waals surface area contributed by atoms with Crippen LogP contribution in [0.4, 0.5) is 4.79 Å². The number of benzene rings is 2. The van der Waals surface area contributed by atoms with Gasteiger partial charge in [0.15, 0.2) is 0 Å². The zero-order valence-electron chi connectivity index (χ0n) is 19.9. The van der Waals surface area contributed by atoms with E-state index in [1.165, 1.54) is 12.0 Å². The van der Waals surface area contributed by atoms with E-state index >= 15 is 0 Å². The average molecular weight is 455 g/mol. The van der Waals surface area contributed by atoms with Crippen LogP contribution in [0.15, 0.2) is 47.7 Å². The molecule has 3 rings (SSSR count). The fourth-order valence-corrected chi connectivity index (χ4v) is 3.63. The van der Waals surface area contributed by atoms with E-state index in [0.717, 1.165) is 11.1 Å². The van der Waals surface area contributed by atoms with Crippen LogP contribution >= 0.6 is 0 Å². The highest BCUT2D eigenvalue weighted by Gasteiger charge is 2.38. The van der Waals surface area contributed by atoms with E-state index in [1.54, 1.807) is 39.3 Å². The van der Waals surface area contributed by atoms with Gasteiger partial charge in [-0.3, -0.25) is 4.90 Å². The maximum Gasteiger partial charge on any atom is 0.338 e. The van der Waals surface area contributed by atoms with Crippen molar-refractivity contribution in [1.82, 2.24) is 10.2 Å². The van der Waals surface area contributed by atoms with Crippen LogP contribution in [0, 0.1) is 13.8 Å². The molecule has 0 fully saturated rings. The third-order valence-corrected chi connectivity index (χ3v) is 5.68. The highest BCUT2D eigenvalue weighted by Crippen LogP contribution is 2.37. The van der Waals surface area contributed by atoms with Gasteiger partial charge in [0.1, 0.15) is 23.9 Å². The number of ether oxygens (including phenoxy) is 4. The summed E-state index contributed by atoms with van der Waals surface area (Å²) in [7, 11) is 4.67. The zero-order chi connectivity index (χ0) is 24.1. The number of hydrogen-bond acceptors (Lipinski definition) is 6. The summed E-state index contributed by atoms with van der Waals surface area (Å²) < 4.78 is 22.2. The molecule has 2 aromatic rings. The van der Waals surface area contributed by atoms with Gasteiger partial charge in [-0.25, -0.2) is 9.59 Å². The molecule has 8 heteroatoms. The highest BCUT2D eigenvalue weighted by atomic mass is 16.5. The Morgan fingerprint density at radius 1 is 1.03 bits per heavy atom. The van der Waals surface area contributed by atoms with E-state index in [-0.39, 0.29) is 24.8 Å². The summed E-state index contributed by atoms with van der Waals surface area (Å²) >= 11 is 0. The lowest BCUT2D eigenvalue weighted by molar-refractivity contribution is -0.139. The summed E-state index contributed by atoms with van der Waals surface area (Å²) in [5.41, 5.74) is 3.54. The lowest BCUT2D eigenvalue weighted by Crippen LogP contribution is -2.48. The first-order valence-electron chi connectivity index (χ1n) is 10.7. The summed E-state index contributed by atoms with van der Waals surface area (Å²) in [6.45, 7) is 5.95. The van der Waals surface area contributed by atoms with E-state index in [2.05, 4.69) is 5.32 Å². The van der Waals surface area contributed by atoms with Gasteiger partial charge in [0, 0.05) is 18.7 Å². The maximum atomic E-state index is 13.1. The van der Waals surface area contributed by atoms with Gasteiger partial charge < -0.3 is 24.3 Å². The van der Waals surface area contributed by atoms with Crippen LogP contribution in [0.25, 0.3) is 0 Å². The molecule has 2 amide bonds. The molecule has 1 heterocycles. The Bertz CT molecular complexity index is 1080. The Balaban J connectivity index is 2.08. The number of likely N-dealkylation sites (N-methyl/N-ethyl adjacent to an activating group) is 1. The second kappa shape index (κ2) is 10.3. The Labute approximate surface area is 194 Å². The molecule has 176 valence electrons. The van der Waals surface area contributed by atoms with Crippen molar-refractivity contribution in [2.75, 3.05) is 34.5 Å². The zero-order valence-corrected chi connectivity index (χ0v) is 19.9. The Morgan fingerprint density at radius 3 is 2.39 bits per heavy atom. The monoisotopic (exact) mass is 454 g/mol. The number of hydrogen-bond donors (Lipinski definition) is 1. The SMILES string of the molecule is CCOC(=O)C1=C(COc2ccc(C)c(C)c2)N(C)C(=O)N[C@H]1c1ccc(OC)cc1OC. The van der Waals surface area contributed by atoms with E-state index in [4.69, 9.17) is 18.9 Å². The molecule has 0 aliphatic carbocycles. The number of carbonyl (C=O) groups excluding carboxylic acids is 2. The van der Waals surface area contributed by atoms with Crippen LogP contribution in [0.5, 0.6) is 17.2 Å². The molecule has 1 N–H and O–H groups in total. The normalized spacial score (nSPS) is 15.8. The van der Waals surface area contributed by atoms with E-state index in [0.29, 0.717) is 28.5 Å². The summed E-state index contributed by atoms with van der Waals surface area (Å²) in [5.74, 6) is 1.17. The molecule has 0 saturated carbocycles. The van der Waals surface area contributed by atoms with Crippen molar-refractivity contribution in [3.63, 3.8) is 0 Å². The van der Waals surface area contributed by atoms with Crippen molar-refractivity contribution in [3.05, 3.63) is 64.4 Å². The van der Waals surface area contributed by atoms with Crippen molar-refractivity contribution in [1.29, 1.82) is 0 Å². The standard InChI is InChI=1S/C25H30N2O6/c1-7-32-24(28)22-20(14-33-18-9-8-15(2)16(3)12-18)27(4)25(29)26-23(22)19-11-10-17(30-5)13-21(19)31-6/h8-13,23H,7,14H2,1-6H3,(H,26,29)/t23-/m0/s1. The van der Waals surface area contributed by atoms with Crippen LogP contribution in [0.3, 0.4) is 0 Å². The van der Waals surface area contributed by atoms with Crippen LogP contribution in [-0.2, 0) is 9.53 Å². The molecule has 0 unspecified atom stereocenters. The second-order valence-corrected chi connectivity index (χ2v) is 7.66. The minimum atomic E-state index is -0.785. The number of rotatable bonds is 8. The van der Waals surface area contributed by atoms with Crippen LogP contribution in [0.2, 0.25) is 0 Å². The fraction of sp³-hybridized carbons (Fsp3) is 0.360. The molecule has 2 aromatic carbocycles. The number of methoxy groups -OCH3 is 2. The van der Waals surface area contributed by atoms with Gasteiger partial charge in [-0.15, -0.1) is 0 Å². The van der Waals surface area contributed by atoms with Gasteiger partial charge in [-0.2, -0.15) is 0 Å². The molecule has 33 heavy (non-hydrogen) atoms. The molecular weight excluding hydrogens is 424 g/mol. The number of urea groups is 1. The summed E-state index contributed by atoms with van der Waals surface area (Å²) in [6.07, 6.45) is 0. The Hall–Kier alpha value is -3.68. The van der Waals surface area contributed by atoms with E-state index < -0.39 is 12.0 Å². The van der Waals surface area contributed by atoms with Crippen molar-refractivity contribution >= 4 is 12.0 Å². The number of aryl methyl sites for hydroxylation is 2. The van der Waals surface area contributed by atoms with Gasteiger partial charge >= 0.3 is 12.0 Å². The molecule has 0 aromatic heterocycles. The molecule has 8 nitrogen and oxygen atoms in total. The first-order chi connectivity index (χ1) is 15.8. The smallest absolute Gasteiger partial charge is 0.338 e. The molecule has 0 radical (unpaired) electrons. The number of amides is 2. The molecule has 0 bridgehead atoms. The molecule has 0 spiro atoms. The lowest BCUT2D eigenvalue weighted by Gasteiger charge is -2.35. The predicted octanol–water partition coefficient (Wildman–Crippen LogP) is 3.91. The van der Waals surface area contributed by atoms with E-state index in [9.17, 15) is 9.59 Å². The van der Waals surface area contributed by atoms with Crippen LogP contribution in [0.1, 0.15) is 29.7 Å². The Morgan fingerprint density at radius 2 is 1.76 bits per heavy atom. The first-order valence-corrected chi connectivity index (χ1v) is 10.7. The van der Waals surface area contributed by atoms with Crippen LogP contribution in [-0.4, -0.2) is 51.4 Å². The molecule has 1 aliphatic heterocycles. The number of esters is 1. The highest BCUT2D eigenvalue weighted by molar-refractivity contribution is 5.95. The van der Waals surface area contributed by atoms with Gasteiger partial charge in [0.2, 0.25) is 0 Å².